The van der Waals surface area contributed by atoms with E-state index in [0.717, 1.165) is 5.03 Å². The molecule has 29 heavy (non-hydrogen) atoms. The van der Waals surface area contributed by atoms with E-state index >= 15 is 0 Å². The molecule has 0 spiro atoms. The number of carbonyl (C=O) groups excluding carboxylic acids is 1. The molecule has 0 radical (unpaired) electrons. The van der Waals surface area contributed by atoms with Crippen LogP contribution in [-0.4, -0.2) is 57.6 Å². The summed E-state index contributed by atoms with van der Waals surface area (Å²) in [6.45, 7) is 1.54. The number of carbonyl (C=O) groups is 1. The molecular weight excluding hydrogens is 436 g/mol. The van der Waals surface area contributed by atoms with E-state index in [1.54, 1.807) is 30.9 Å². The minimum Gasteiger partial charge on any atom is -0.274 e. The van der Waals surface area contributed by atoms with Crippen molar-refractivity contribution in [3.63, 3.8) is 0 Å². The van der Waals surface area contributed by atoms with Gasteiger partial charge < -0.3 is 0 Å². The minimum absolute atomic E-state index is 0.0608. The normalized spacial score (nSPS) is 12.8. The lowest BCUT2D eigenvalue weighted by atomic mass is 10.3. The maximum absolute atomic E-state index is 12.5. The third-order valence-corrected chi connectivity index (χ3v) is 7.19. The summed E-state index contributed by atoms with van der Waals surface area (Å²) >= 11 is 6.16. The first kappa shape index (κ1) is 21.3. The van der Waals surface area contributed by atoms with Gasteiger partial charge in [0.15, 0.2) is 5.82 Å². The van der Waals surface area contributed by atoms with Crippen molar-refractivity contribution in [1.29, 1.82) is 0 Å². The van der Waals surface area contributed by atoms with E-state index in [0.29, 0.717) is 5.82 Å². The van der Waals surface area contributed by atoms with E-state index in [9.17, 15) is 13.2 Å². The van der Waals surface area contributed by atoms with Gasteiger partial charge in [0.25, 0.3) is 15.9 Å². The number of rotatable bonds is 5. The number of pyridine rings is 1. The van der Waals surface area contributed by atoms with Crippen molar-refractivity contribution in [2.75, 3.05) is 18.8 Å². The first-order chi connectivity index (χ1) is 13.4. The number of halogens is 1. The zero-order chi connectivity index (χ0) is 21.6. The Morgan fingerprint density at radius 2 is 1.83 bits per heavy atom. The summed E-state index contributed by atoms with van der Waals surface area (Å²) in [5.41, 5.74) is 0.220. The van der Waals surface area contributed by atoms with E-state index in [2.05, 4.69) is 33.9 Å². The molecule has 0 saturated heterocycles. The molecule has 0 aliphatic heterocycles. The average molecular weight is 457 g/mol. The summed E-state index contributed by atoms with van der Waals surface area (Å²) in [5, 5.41) is 9.31. The van der Waals surface area contributed by atoms with E-state index < -0.39 is 26.0 Å². The van der Waals surface area contributed by atoms with Gasteiger partial charge in [0.05, 0.1) is 11.3 Å². The molecule has 9 nitrogen and oxygen atoms in total. The largest absolute Gasteiger partial charge is 0.274 e. The zero-order valence-corrected chi connectivity index (χ0v) is 18.9. The van der Waals surface area contributed by atoms with Gasteiger partial charge >= 0.3 is 0 Å². The Morgan fingerprint density at radius 3 is 2.34 bits per heavy atom. The molecule has 12 heteroatoms. The molecule has 3 rings (SSSR count). The first-order valence-corrected chi connectivity index (χ1v) is 13.1. The van der Waals surface area contributed by atoms with Crippen molar-refractivity contribution in [2.24, 2.45) is 7.05 Å². The fourth-order valence-corrected chi connectivity index (χ4v) is 4.78. The average Bonchev–Trinajstić information content (AvgIpc) is 3.20. The van der Waals surface area contributed by atoms with Crippen LogP contribution in [0.5, 0.6) is 0 Å². The second-order valence-electron chi connectivity index (χ2n) is 7.13. The number of nitrogens with one attached hydrogen (secondary N) is 1. The lowest BCUT2D eigenvalue weighted by Crippen LogP contribution is -2.31. The minimum atomic E-state index is -4.09. The lowest BCUT2D eigenvalue weighted by molar-refractivity contribution is 0.0981. The molecule has 0 bridgehead atoms. The third kappa shape index (κ3) is 4.46. The van der Waals surface area contributed by atoms with Crippen LogP contribution < -0.4 is 4.72 Å². The highest BCUT2D eigenvalue weighted by Crippen LogP contribution is 2.43. The van der Waals surface area contributed by atoms with Gasteiger partial charge in [0.2, 0.25) is 0 Å². The summed E-state index contributed by atoms with van der Waals surface area (Å²) in [4.78, 5) is 16.6. The predicted molar refractivity (Wildman–Crippen MR) is 113 cm³/mol. The van der Waals surface area contributed by atoms with Gasteiger partial charge in [-0.2, -0.15) is 10.2 Å². The Balaban J connectivity index is 1.86. The smallest absolute Gasteiger partial charge is 0.268 e. The van der Waals surface area contributed by atoms with Crippen molar-refractivity contribution in [3.8, 4) is 5.82 Å². The number of nitrogens with zero attached hydrogens (tertiary/aromatic N) is 5. The van der Waals surface area contributed by atoms with Crippen LogP contribution in [0.3, 0.4) is 0 Å². The van der Waals surface area contributed by atoms with Gasteiger partial charge in [-0.15, -0.1) is 0 Å². The highest BCUT2D eigenvalue weighted by Gasteiger charge is 2.25. The van der Waals surface area contributed by atoms with Crippen molar-refractivity contribution < 1.29 is 13.2 Å². The molecule has 3 aromatic heterocycles. The Bertz CT molecular complexity index is 1190. The van der Waals surface area contributed by atoms with E-state index in [4.69, 9.17) is 11.6 Å². The van der Waals surface area contributed by atoms with Crippen LogP contribution in [0.15, 0.2) is 40.5 Å². The number of aryl methyl sites for hydroxylation is 2. The molecule has 0 fully saturated rings. The highest BCUT2D eigenvalue weighted by molar-refractivity contribution is 8.32. The first-order valence-electron chi connectivity index (χ1n) is 8.37. The molecular formula is C17H21ClN6O3S2. The topological polar surface area (TPSA) is 112 Å². The summed E-state index contributed by atoms with van der Waals surface area (Å²) < 4.78 is 29.9. The quantitative estimate of drug-likeness (QED) is 0.588. The molecule has 1 N–H and O–H groups in total. The Labute approximate surface area is 175 Å². The zero-order valence-electron chi connectivity index (χ0n) is 16.5. The molecule has 3 heterocycles. The number of aromatic nitrogens is 5. The van der Waals surface area contributed by atoms with Crippen molar-refractivity contribution in [3.05, 3.63) is 47.0 Å². The molecule has 0 unspecified atom stereocenters. The van der Waals surface area contributed by atoms with E-state index in [-0.39, 0.29) is 21.3 Å². The van der Waals surface area contributed by atoms with Crippen LogP contribution in [0.4, 0.5) is 0 Å². The van der Waals surface area contributed by atoms with Gasteiger partial charge in [-0.05, 0) is 43.9 Å². The van der Waals surface area contributed by atoms with Crippen molar-refractivity contribution >= 4 is 37.6 Å². The SMILES string of the molecule is Cc1nn(C)cc1S(=O)(=O)NC(=O)c1ccc(-n2ccc(S(C)(C)C)n2)nc1Cl. The summed E-state index contributed by atoms with van der Waals surface area (Å²) in [5.74, 6) is -0.454. The van der Waals surface area contributed by atoms with Crippen LogP contribution in [-0.2, 0) is 17.1 Å². The van der Waals surface area contributed by atoms with Crippen LogP contribution in [0, 0.1) is 6.92 Å². The Hall–Kier alpha value is -2.37. The Kier molecular flexibility index (Phi) is 5.50. The molecule has 0 saturated carbocycles. The monoisotopic (exact) mass is 456 g/mol. The van der Waals surface area contributed by atoms with Gasteiger partial charge in [-0.3, -0.25) is 9.48 Å². The fourth-order valence-electron chi connectivity index (χ4n) is 2.56. The van der Waals surface area contributed by atoms with Gasteiger partial charge in [0, 0.05) is 19.4 Å². The maximum Gasteiger partial charge on any atom is 0.268 e. The van der Waals surface area contributed by atoms with E-state index in [1.165, 1.54) is 16.9 Å². The van der Waals surface area contributed by atoms with Crippen molar-refractivity contribution in [2.45, 2.75) is 16.8 Å². The second kappa shape index (κ2) is 7.47. The number of sulfonamides is 1. The fraction of sp³-hybridized carbons (Fsp3) is 0.294. The van der Waals surface area contributed by atoms with Gasteiger partial charge in [-0.1, -0.05) is 11.6 Å². The molecule has 3 aromatic rings. The molecule has 0 aliphatic carbocycles. The second-order valence-corrected chi connectivity index (χ2v) is 13.2. The standard InChI is InChI=1S/C17H21ClN6O3S2/c1-11-13(10-23(2)20-11)29(26,27)22-17(25)12-6-7-14(19-16(12)18)24-9-8-15(21-24)28(3,4)5/h6-10H,1-5H3,(H,22,25). The van der Waals surface area contributed by atoms with Gasteiger partial charge in [0.1, 0.15) is 15.1 Å². The van der Waals surface area contributed by atoms with Gasteiger partial charge in [-0.25, -0.2) is 32.8 Å². The van der Waals surface area contributed by atoms with Crippen LogP contribution in [0.25, 0.3) is 5.82 Å². The summed E-state index contributed by atoms with van der Waals surface area (Å²) in [6, 6.07) is 4.88. The molecule has 0 atom stereocenters. The highest BCUT2D eigenvalue weighted by atomic mass is 35.5. The maximum atomic E-state index is 12.5. The van der Waals surface area contributed by atoms with Crippen LogP contribution >= 0.6 is 21.6 Å². The summed E-state index contributed by atoms with van der Waals surface area (Å²) in [7, 11) is -3.50. The van der Waals surface area contributed by atoms with E-state index in [1.807, 2.05) is 10.8 Å². The molecule has 0 aromatic carbocycles. The molecule has 1 amide bonds. The number of amides is 1. The predicted octanol–water partition coefficient (Wildman–Crippen LogP) is 2.13. The lowest BCUT2D eigenvalue weighted by Gasteiger charge is -2.21. The third-order valence-electron chi connectivity index (χ3n) is 3.99. The van der Waals surface area contributed by atoms with Crippen LogP contribution in [0.1, 0.15) is 16.1 Å². The molecule has 156 valence electrons. The van der Waals surface area contributed by atoms with Crippen LogP contribution in [0.2, 0.25) is 5.15 Å². The van der Waals surface area contributed by atoms with Crippen molar-refractivity contribution in [1.82, 2.24) is 29.3 Å². The Morgan fingerprint density at radius 1 is 1.14 bits per heavy atom. The summed E-state index contributed by atoms with van der Waals surface area (Å²) in [6.07, 6.45) is 9.45. The number of hydrogen-bond donors (Lipinski definition) is 1. The molecule has 0 aliphatic rings. The number of hydrogen-bond acceptors (Lipinski definition) is 6.